The van der Waals surface area contributed by atoms with Crippen LogP contribution in [0.15, 0.2) is 24.3 Å². The average Bonchev–Trinajstić information content (AvgIpc) is 2.54. The molecule has 0 bridgehead atoms. The first-order valence-electron chi connectivity index (χ1n) is 7.83. The minimum Gasteiger partial charge on any atom is -0.469 e. The van der Waals surface area contributed by atoms with Crippen molar-refractivity contribution in [3.63, 3.8) is 0 Å². The Balaban J connectivity index is 0.00000264. The predicted octanol–water partition coefficient (Wildman–Crippen LogP) is 2.54. The maximum Gasteiger partial charge on any atom is 0.309 e. The van der Waals surface area contributed by atoms with Crippen LogP contribution >= 0.6 is 12.4 Å². The normalized spacial score (nSPS) is 14.7. The zero-order valence-electron chi connectivity index (χ0n) is 13.5. The van der Waals surface area contributed by atoms with Gasteiger partial charge in [-0.05, 0) is 56.0 Å². The van der Waals surface area contributed by atoms with Crippen molar-refractivity contribution in [2.75, 3.05) is 25.5 Å². The molecule has 1 aliphatic rings. The summed E-state index contributed by atoms with van der Waals surface area (Å²) in [6.45, 7) is 2.11. The minimum absolute atomic E-state index is 0. The Hall–Kier alpha value is -1.59. The summed E-state index contributed by atoms with van der Waals surface area (Å²) < 4.78 is 4.65. The lowest BCUT2D eigenvalue weighted by Gasteiger charge is -2.22. The summed E-state index contributed by atoms with van der Waals surface area (Å²) in [7, 11) is 1.37. The van der Waals surface area contributed by atoms with E-state index in [1.165, 1.54) is 7.11 Å². The molecule has 2 N–H and O–H groups in total. The summed E-state index contributed by atoms with van der Waals surface area (Å²) in [5.74, 6) is 0.404. The van der Waals surface area contributed by atoms with Gasteiger partial charge in [0.1, 0.15) is 0 Å². The number of esters is 1. The van der Waals surface area contributed by atoms with Crippen molar-refractivity contribution < 1.29 is 14.3 Å². The molecule has 1 heterocycles. The molecule has 0 radical (unpaired) electrons. The molecule has 1 fully saturated rings. The topological polar surface area (TPSA) is 67.4 Å². The fourth-order valence-corrected chi connectivity index (χ4v) is 2.73. The second kappa shape index (κ2) is 10.2. The third kappa shape index (κ3) is 7.01. The van der Waals surface area contributed by atoms with E-state index in [1.807, 2.05) is 24.3 Å². The molecule has 1 aromatic rings. The van der Waals surface area contributed by atoms with E-state index in [2.05, 4.69) is 15.4 Å². The number of nitrogens with one attached hydrogen (secondary N) is 2. The Labute approximate surface area is 143 Å². The van der Waals surface area contributed by atoms with Gasteiger partial charge in [-0.25, -0.2) is 0 Å². The smallest absolute Gasteiger partial charge is 0.309 e. The van der Waals surface area contributed by atoms with Crippen LogP contribution in [-0.4, -0.2) is 32.1 Å². The number of benzene rings is 1. The molecule has 0 aliphatic carbocycles. The molecule has 0 spiro atoms. The van der Waals surface area contributed by atoms with Crippen molar-refractivity contribution >= 4 is 30.0 Å². The summed E-state index contributed by atoms with van der Waals surface area (Å²) in [4.78, 5) is 23.3. The molecule has 1 aromatic carbocycles. The van der Waals surface area contributed by atoms with E-state index >= 15 is 0 Å². The Morgan fingerprint density at radius 2 is 2.04 bits per heavy atom. The number of carbonyl (C=O) groups is 2. The van der Waals surface area contributed by atoms with Gasteiger partial charge in [0, 0.05) is 12.1 Å². The standard InChI is InChI=1S/C17H24N2O3.ClH/c1-22-17(21)12-14-3-2-4-15(11-14)19-16(20)6-5-13-7-9-18-10-8-13;/h2-4,11,13,18H,5-10,12H2,1H3,(H,19,20);1H. The summed E-state index contributed by atoms with van der Waals surface area (Å²) in [5.41, 5.74) is 1.57. The van der Waals surface area contributed by atoms with E-state index in [1.54, 1.807) is 0 Å². The van der Waals surface area contributed by atoms with Crippen molar-refractivity contribution in [3.8, 4) is 0 Å². The molecule has 0 aromatic heterocycles. The lowest BCUT2D eigenvalue weighted by Crippen LogP contribution is -2.28. The van der Waals surface area contributed by atoms with Gasteiger partial charge in [-0.2, -0.15) is 0 Å². The molecular formula is C17H25ClN2O3. The summed E-state index contributed by atoms with van der Waals surface area (Å²) in [5, 5.41) is 6.24. The second-order valence-electron chi connectivity index (χ2n) is 5.73. The maximum absolute atomic E-state index is 12.0. The zero-order valence-corrected chi connectivity index (χ0v) is 14.3. The highest BCUT2D eigenvalue weighted by atomic mass is 35.5. The number of piperidine rings is 1. The second-order valence-corrected chi connectivity index (χ2v) is 5.73. The van der Waals surface area contributed by atoms with Gasteiger partial charge in [-0.15, -0.1) is 12.4 Å². The molecule has 0 atom stereocenters. The Morgan fingerprint density at radius 1 is 1.30 bits per heavy atom. The van der Waals surface area contributed by atoms with Crippen molar-refractivity contribution in [1.29, 1.82) is 0 Å². The summed E-state index contributed by atoms with van der Waals surface area (Å²) >= 11 is 0. The Bertz CT molecular complexity index is 516. The molecule has 23 heavy (non-hydrogen) atoms. The van der Waals surface area contributed by atoms with Gasteiger partial charge in [0.05, 0.1) is 13.5 Å². The Kier molecular flexibility index (Phi) is 8.66. The van der Waals surface area contributed by atoms with Gasteiger partial charge in [0.25, 0.3) is 0 Å². The van der Waals surface area contributed by atoms with Crippen LogP contribution in [0.1, 0.15) is 31.2 Å². The van der Waals surface area contributed by atoms with E-state index in [-0.39, 0.29) is 30.7 Å². The van der Waals surface area contributed by atoms with E-state index in [9.17, 15) is 9.59 Å². The lowest BCUT2D eigenvalue weighted by atomic mass is 9.93. The van der Waals surface area contributed by atoms with Gasteiger partial charge >= 0.3 is 5.97 Å². The van der Waals surface area contributed by atoms with Crippen LogP contribution in [0, 0.1) is 5.92 Å². The van der Waals surface area contributed by atoms with Gasteiger partial charge in [-0.1, -0.05) is 12.1 Å². The fraction of sp³-hybridized carbons (Fsp3) is 0.529. The van der Waals surface area contributed by atoms with Crippen LogP contribution in [0.5, 0.6) is 0 Å². The van der Waals surface area contributed by atoms with Crippen LogP contribution in [0.25, 0.3) is 0 Å². The molecule has 0 saturated carbocycles. The predicted molar refractivity (Wildman–Crippen MR) is 92.9 cm³/mol. The monoisotopic (exact) mass is 340 g/mol. The third-order valence-electron chi connectivity index (χ3n) is 4.03. The number of rotatable bonds is 6. The van der Waals surface area contributed by atoms with Gasteiger partial charge in [-0.3, -0.25) is 9.59 Å². The average molecular weight is 341 g/mol. The summed E-state index contributed by atoms with van der Waals surface area (Å²) in [6, 6.07) is 7.34. The first kappa shape index (κ1) is 19.5. The van der Waals surface area contributed by atoms with Crippen LogP contribution in [0.4, 0.5) is 5.69 Å². The first-order chi connectivity index (χ1) is 10.7. The molecule has 1 saturated heterocycles. The van der Waals surface area contributed by atoms with Crippen molar-refractivity contribution in [2.24, 2.45) is 5.92 Å². The Morgan fingerprint density at radius 3 is 2.74 bits per heavy atom. The highest BCUT2D eigenvalue weighted by Crippen LogP contribution is 2.18. The SMILES string of the molecule is COC(=O)Cc1cccc(NC(=O)CCC2CCNCC2)c1.Cl. The molecule has 0 unspecified atom stereocenters. The van der Waals surface area contributed by atoms with E-state index < -0.39 is 0 Å². The van der Waals surface area contributed by atoms with Crippen molar-refractivity contribution in [3.05, 3.63) is 29.8 Å². The van der Waals surface area contributed by atoms with E-state index in [0.29, 0.717) is 12.3 Å². The number of hydrogen-bond donors (Lipinski definition) is 2. The third-order valence-corrected chi connectivity index (χ3v) is 4.03. The van der Waals surface area contributed by atoms with Crippen LogP contribution in [0.3, 0.4) is 0 Å². The lowest BCUT2D eigenvalue weighted by molar-refractivity contribution is -0.139. The molecule has 1 amide bonds. The molecule has 6 heteroatoms. The van der Waals surface area contributed by atoms with E-state index in [4.69, 9.17) is 0 Å². The van der Waals surface area contributed by atoms with Crippen LogP contribution < -0.4 is 10.6 Å². The summed E-state index contributed by atoms with van der Waals surface area (Å²) in [6.07, 6.45) is 4.01. The number of methoxy groups -OCH3 is 1. The number of anilines is 1. The molecule has 128 valence electrons. The van der Waals surface area contributed by atoms with Crippen molar-refractivity contribution in [1.82, 2.24) is 5.32 Å². The minimum atomic E-state index is -0.283. The molecular weight excluding hydrogens is 316 g/mol. The highest BCUT2D eigenvalue weighted by Gasteiger charge is 2.14. The number of ether oxygens (including phenoxy) is 1. The first-order valence-corrected chi connectivity index (χ1v) is 7.83. The van der Waals surface area contributed by atoms with Gasteiger partial charge in [0.2, 0.25) is 5.91 Å². The molecule has 5 nitrogen and oxygen atoms in total. The molecule has 2 rings (SSSR count). The van der Waals surface area contributed by atoms with Crippen LogP contribution in [0.2, 0.25) is 0 Å². The van der Waals surface area contributed by atoms with Crippen LogP contribution in [-0.2, 0) is 20.7 Å². The largest absolute Gasteiger partial charge is 0.469 e. The fourth-order valence-electron chi connectivity index (χ4n) is 2.73. The number of halogens is 1. The van der Waals surface area contributed by atoms with Gasteiger partial charge in [0.15, 0.2) is 0 Å². The maximum atomic E-state index is 12.0. The van der Waals surface area contributed by atoms with E-state index in [0.717, 1.165) is 43.6 Å². The molecule has 1 aliphatic heterocycles. The highest BCUT2D eigenvalue weighted by molar-refractivity contribution is 5.90. The van der Waals surface area contributed by atoms with Crippen molar-refractivity contribution in [2.45, 2.75) is 32.1 Å². The number of carbonyl (C=O) groups excluding carboxylic acids is 2. The number of amides is 1. The van der Waals surface area contributed by atoms with Gasteiger partial charge < -0.3 is 15.4 Å². The number of hydrogen-bond acceptors (Lipinski definition) is 4. The quantitative estimate of drug-likeness (QED) is 0.781. The zero-order chi connectivity index (χ0) is 15.8.